The first kappa shape index (κ1) is 19.9. The number of halogens is 4. The van der Waals surface area contributed by atoms with Gasteiger partial charge in [0.05, 0.1) is 22.8 Å². The summed E-state index contributed by atoms with van der Waals surface area (Å²) in [4.78, 5) is 18.2. The van der Waals surface area contributed by atoms with Gasteiger partial charge in [-0.2, -0.15) is 13.2 Å². The van der Waals surface area contributed by atoms with Crippen molar-refractivity contribution < 1.29 is 22.7 Å². The Labute approximate surface area is 163 Å². The average Bonchev–Trinajstić information content (AvgIpc) is 3.10. The number of piperidine rings is 1. The molecule has 0 radical (unpaired) electrons. The first-order valence-electron chi connectivity index (χ1n) is 8.26. The lowest BCUT2D eigenvalue weighted by atomic mass is 10.1. The molecule has 10 heteroatoms. The summed E-state index contributed by atoms with van der Waals surface area (Å²) in [5.74, 6) is -0.407. The highest BCUT2D eigenvalue weighted by molar-refractivity contribution is 7.11. The van der Waals surface area contributed by atoms with Crippen molar-refractivity contribution in [3.63, 3.8) is 0 Å². The zero-order chi connectivity index (χ0) is 19.4. The first-order chi connectivity index (χ1) is 12.8. The quantitative estimate of drug-likeness (QED) is 0.785. The van der Waals surface area contributed by atoms with Crippen LogP contribution in [0.15, 0.2) is 29.8 Å². The van der Waals surface area contributed by atoms with Gasteiger partial charge in [-0.15, -0.1) is 0 Å². The second kappa shape index (κ2) is 8.45. The number of ether oxygens (including phenoxy) is 1. The third-order valence-corrected chi connectivity index (χ3v) is 5.14. The molecule has 2 aromatic rings. The van der Waals surface area contributed by atoms with Crippen LogP contribution < -0.4 is 10.1 Å². The van der Waals surface area contributed by atoms with Gasteiger partial charge in [0.1, 0.15) is 6.10 Å². The van der Waals surface area contributed by atoms with Crippen LogP contribution in [-0.4, -0.2) is 41.5 Å². The Morgan fingerprint density at radius 1 is 1.37 bits per heavy atom. The van der Waals surface area contributed by atoms with Gasteiger partial charge >= 0.3 is 6.18 Å². The maximum absolute atomic E-state index is 12.8. The number of rotatable bonds is 5. The number of likely N-dealkylation sites (tertiary alicyclic amines) is 1. The van der Waals surface area contributed by atoms with Crippen molar-refractivity contribution >= 4 is 34.5 Å². The minimum atomic E-state index is -4.50. The molecule has 0 bridgehead atoms. The number of benzene rings is 1. The summed E-state index contributed by atoms with van der Waals surface area (Å²) in [6.45, 7) is 1.39. The lowest BCUT2D eigenvalue weighted by molar-refractivity contribution is -0.137. The minimum absolute atomic E-state index is 0.0431. The van der Waals surface area contributed by atoms with E-state index in [9.17, 15) is 18.0 Å². The van der Waals surface area contributed by atoms with E-state index in [1.807, 2.05) is 10.3 Å². The average molecular weight is 420 g/mol. The summed E-state index contributed by atoms with van der Waals surface area (Å²) in [5, 5.41) is 5.00. The third-order valence-electron chi connectivity index (χ3n) is 4.15. The number of amides is 1. The molecule has 1 aromatic heterocycles. The fourth-order valence-electron chi connectivity index (χ4n) is 2.79. The van der Waals surface area contributed by atoms with Crippen LogP contribution in [0.3, 0.4) is 0 Å². The minimum Gasteiger partial charge on any atom is -0.467 e. The van der Waals surface area contributed by atoms with Gasteiger partial charge in [0, 0.05) is 24.7 Å². The molecule has 1 aliphatic rings. The number of anilines is 1. The number of carbonyl (C=O) groups excluding carboxylic acids is 1. The lowest BCUT2D eigenvalue weighted by Gasteiger charge is -2.31. The van der Waals surface area contributed by atoms with Gasteiger partial charge in [-0.05, 0) is 31.0 Å². The Hall–Kier alpha value is -1.84. The van der Waals surface area contributed by atoms with E-state index >= 15 is 0 Å². The molecule has 0 spiro atoms. The molecule has 1 aromatic carbocycles. The number of aromatic nitrogens is 1. The molecule has 5 nitrogen and oxygen atoms in total. The summed E-state index contributed by atoms with van der Waals surface area (Å²) in [7, 11) is 0. The van der Waals surface area contributed by atoms with E-state index in [2.05, 4.69) is 10.3 Å². The fraction of sp³-hybridized carbons (Fsp3) is 0.412. The molecular weight excluding hydrogens is 403 g/mol. The van der Waals surface area contributed by atoms with Gasteiger partial charge in [0.15, 0.2) is 0 Å². The van der Waals surface area contributed by atoms with E-state index in [0.29, 0.717) is 18.3 Å². The highest BCUT2D eigenvalue weighted by Crippen LogP contribution is 2.33. The first-order valence-corrected chi connectivity index (χ1v) is 9.52. The second-order valence-corrected chi connectivity index (χ2v) is 7.40. The van der Waals surface area contributed by atoms with Gasteiger partial charge in [-0.3, -0.25) is 9.69 Å². The van der Waals surface area contributed by atoms with Crippen molar-refractivity contribution in [2.75, 3.05) is 25.0 Å². The van der Waals surface area contributed by atoms with E-state index in [4.69, 9.17) is 16.3 Å². The molecule has 0 aliphatic carbocycles. The van der Waals surface area contributed by atoms with Crippen LogP contribution in [0.4, 0.5) is 18.9 Å². The number of carbonyl (C=O) groups is 1. The predicted octanol–water partition coefficient (Wildman–Crippen LogP) is 4.30. The topological polar surface area (TPSA) is 54.5 Å². The van der Waals surface area contributed by atoms with Crippen LogP contribution in [0.2, 0.25) is 5.02 Å². The Morgan fingerprint density at radius 2 is 2.11 bits per heavy atom. The summed E-state index contributed by atoms with van der Waals surface area (Å²) in [6, 6.07) is 2.85. The van der Waals surface area contributed by atoms with Gasteiger partial charge in [0.2, 0.25) is 5.91 Å². The Bertz CT molecular complexity index is 778. The predicted molar refractivity (Wildman–Crippen MR) is 97.3 cm³/mol. The summed E-state index contributed by atoms with van der Waals surface area (Å²) >= 11 is 7.33. The highest BCUT2D eigenvalue weighted by Gasteiger charge is 2.31. The molecule has 3 rings (SSSR count). The molecule has 146 valence electrons. The smallest absolute Gasteiger partial charge is 0.416 e. The molecule has 1 N–H and O–H groups in total. The fourth-order valence-corrected chi connectivity index (χ4v) is 3.50. The molecule has 0 unspecified atom stereocenters. The van der Waals surface area contributed by atoms with Crippen molar-refractivity contribution in [2.24, 2.45) is 0 Å². The lowest BCUT2D eigenvalue weighted by Crippen LogP contribution is -2.42. The maximum atomic E-state index is 12.8. The van der Waals surface area contributed by atoms with E-state index < -0.39 is 17.6 Å². The van der Waals surface area contributed by atoms with Gasteiger partial charge in [-0.1, -0.05) is 22.9 Å². The molecule has 1 fully saturated rings. The zero-order valence-electron chi connectivity index (χ0n) is 14.1. The number of nitrogens with one attached hydrogen (secondary N) is 1. The third kappa shape index (κ3) is 5.57. The molecule has 0 atom stereocenters. The van der Waals surface area contributed by atoms with Crippen LogP contribution in [0, 0.1) is 0 Å². The van der Waals surface area contributed by atoms with E-state index in [0.717, 1.165) is 31.0 Å². The monoisotopic (exact) mass is 419 g/mol. The van der Waals surface area contributed by atoms with Crippen LogP contribution in [-0.2, 0) is 11.0 Å². The zero-order valence-corrected chi connectivity index (χ0v) is 15.7. The van der Waals surface area contributed by atoms with E-state index in [1.54, 1.807) is 6.20 Å². The van der Waals surface area contributed by atoms with Crippen LogP contribution in [0.25, 0.3) is 0 Å². The van der Waals surface area contributed by atoms with Crippen molar-refractivity contribution in [3.8, 4) is 5.19 Å². The van der Waals surface area contributed by atoms with Crippen LogP contribution >= 0.6 is 22.9 Å². The molecule has 2 heterocycles. The van der Waals surface area contributed by atoms with Gasteiger partial charge in [0.25, 0.3) is 5.19 Å². The van der Waals surface area contributed by atoms with Crippen LogP contribution in [0.1, 0.15) is 18.4 Å². The number of hydrogen-bond donors (Lipinski definition) is 1. The summed E-state index contributed by atoms with van der Waals surface area (Å²) < 4.78 is 44.2. The van der Waals surface area contributed by atoms with Crippen molar-refractivity contribution in [3.05, 3.63) is 40.4 Å². The van der Waals surface area contributed by atoms with E-state index in [1.165, 1.54) is 11.3 Å². The standard InChI is InChI=1S/C17H17ClF3N3O2S/c18-13-2-1-11(17(19,20)21)9-14(13)23-15(25)10-24-6-3-12(4-7-24)26-16-22-5-8-27-16/h1-2,5,8-9,12H,3-4,6-7,10H2,(H,23,25). The Morgan fingerprint density at radius 3 is 2.74 bits per heavy atom. The highest BCUT2D eigenvalue weighted by atomic mass is 35.5. The number of nitrogens with zero attached hydrogens (tertiary/aromatic N) is 2. The van der Waals surface area contributed by atoms with Crippen LogP contribution in [0.5, 0.6) is 5.19 Å². The largest absolute Gasteiger partial charge is 0.467 e. The molecule has 0 saturated carbocycles. The molecule has 1 amide bonds. The summed E-state index contributed by atoms with van der Waals surface area (Å²) in [5.41, 5.74) is -0.902. The van der Waals surface area contributed by atoms with Crippen molar-refractivity contribution in [1.82, 2.24) is 9.88 Å². The number of hydrogen-bond acceptors (Lipinski definition) is 5. The van der Waals surface area contributed by atoms with E-state index in [-0.39, 0.29) is 23.4 Å². The van der Waals surface area contributed by atoms with Gasteiger partial charge in [-0.25, -0.2) is 4.98 Å². The Kier molecular flexibility index (Phi) is 6.23. The molecule has 1 saturated heterocycles. The van der Waals surface area contributed by atoms with Crippen molar-refractivity contribution in [1.29, 1.82) is 0 Å². The SMILES string of the molecule is O=C(CN1CCC(Oc2nccs2)CC1)Nc1cc(C(F)(F)F)ccc1Cl. The molecule has 1 aliphatic heterocycles. The Balaban J connectivity index is 1.50. The molecule has 27 heavy (non-hydrogen) atoms. The number of alkyl halides is 3. The number of thiazole rings is 1. The van der Waals surface area contributed by atoms with Gasteiger partial charge < -0.3 is 10.1 Å². The maximum Gasteiger partial charge on any atom is 0.416 e. The normalized spacial score (nSPS) is 16.3. The summed E-state index contributed by atoms with van der Waals surface area (Å²) in [6.07, 6.45) is -1.27. The second-order valence-electron chi connectivity index (χ2n) is 6.13. The van der Waals surface area contributed by atoms with Crippen molar-refractivity contribution in [2.45, 2.75) is 25.1 Å². The molecular formula is C17H17ClF3N3O2S.